The van der Waals surface area contributed by atoms with Crippen molar-refractivity contribution in [3.05, 3.63) is 23.7 Å². The van der Waals surface area contributed by atoms with E-state index in [1.165, 1.54) is 0 Å². The average Bonchev–Trinajstić information content (AvgIpc) is 2.83. The van der Waals surface area contributed by atoms with Crippen LogP contribution in [0.25, 0.3) is 11.2 Å². The predicted molar refractivity (Wildman–Crippen MR) is 76.0 cm³/mol. The Bertz CT molecular complexity index is 681. The Morgan fingerprint density at radius 3 is 2.65 bits per heavy atom. The highest BCUT2D eigenvalue weighted by molar-refractivity contribution is 5.90. The zero-order chi connectivity index (χ0) is 14.9. The van der Waals surface area contributed by atoms with Gasteiger partial charge in [0, 0.05) is 12.1 Å². The molecule has 2 aromatic rings. The lowest BCUT2D eigenvalue weighted by atomic mass is 9.86. The van der Waals surface area contributed by atoms with Gasteiger partial charge in [-0.1, -0.05) is 20.8 Å². The molecule has 0 spiro atoms. The summed E-state index contributed by atoms with van der Waals surface area (Å²) < 4.78 is 0. The van der Waals surface area contributed by atoms with Crippen molar-refractivity contribution >= 4 is 16.9 Å². The van der Waals surface area contributed by atoms with Gasteiger partial charge in [-0.2, -0.15) is 5.26 Å². The molecule has 20 heavy (non-hydrogen) atoms. The first-order valence-electron chi connectivity index (χ1n) is 6.70. The summed E-state index contributed by atoms with van der Waals surface area (Å²) in [6, 6.07) is 3.93. The van der Waals surface area contributed by atoms with Gasteiger partial charge < -0.3 is 4.98 Å². The molecule has 2 unspecified atom stereocenters. The summed E-state index contributed by atoms with van der Waals surface area (Å²) in [6.45, 7) is 7.73. The van der Waals surface area contributed by atoms with E-state index in [4.69, 9.17) is 0 Å². The minimum atomic E-state index is -0.860. The fraction of sp³-hybridized carbons (Fsp3) is 0.467. The van der Waals surface area contributed by atoms with Crippen LogP contribution in [-0.2, 0) is 4.79 Å². The van der Waals surface area contributed by atoms with E-state index >= 15 is 0 Å². The molecule has 2 heterocycles. The number of carbonyl (C=O) groups is 1. The molecule has 0 aliphatic rings. The van der Waals surface area contributed by atoms with E-state index in [1.54, 1.807) is 6.20 Å². The third-order valence-corrected chi connectivity index (χ3v) is 3.75. The summed E-state index contributed by atoms with van der Waals surface area (Å²) in [4.78, 5) is 23.9. The third-order valence-electron chi connectivity index (χ3n) is 3.75. The van der Waals surface area contributed by atoms with Crippen LogP contribution >= 0.6 is 0 Å². The highest BCUT2D eigenvalue weighted by Gasteiger charge is 2.29. The predicted octanol–water partition coefficient (Wildman–Crippen LogP) is 2.73. The van der Waals surface area contributed by atoms with Crippen LogP contribution < -0.4 is 0 Å². The normalized spacial score (nSPS) is 14.2. The number of rotatable bonds is 4. The van der Waals surface area contributed by atoms with E-state index in [1.807, 2.05) is 33.8 Å². The molecule has 0 aromatic carbocycles. The number of nitrogens with one attached hydrogen (secondary N) is 1. The highest BCUT2D eigenvalue weighted by Crippen LogP contribution is 2.24. The first-order valence-corrected chi connectivity index (χ1v) is 6.70. The number of aromatic amines is 1. The Labute approximate surface area is 118 Å². The molecular weight excluding hydrogens is 252 g/mol. The number of hydrogen-bond acceptors (Lipinski definition) is 4. The number of pyridine rings is 1. The number of ketones is 1. The highest BCUT2D eigenvalue weighted by atomic mass is 16.1. The molecular formula is C15H18N4O. The Hall–Kier alpha value is -2.22. The zero-order valence-electron chi connectivity index (χ0n) is 12.1. The van der Waals surface area contributed by atoms with Gasteiger partial charge in [0.1, 0.15) is 5.82 Å². The van der Waals surface area contributed by atoms with Crippen LogP contribution in [0.3, 0.4) is 0 Å². The quantitative estimate of drug-likeness (QED) is 0.926. The Morgan fingerprint density at radius 2 is 2.10 bits per heavy atom. The van der Waals surface area contributed by atoms with Gasteiger partial charge in [-0.05, 0) is 24.5 Å². The average molecular weight is 270 g/mol. The van der Waals surface area contributed by atoms with Gasteiger partial charge in [-0.15, -0.1) is 0 Å². The Kier molecular flexibility index (Phi) is 3.84. The van der Waals surface area contributed by atoms with Crippen molar-refractivity contribution in [2.45, 2.75) is 33.6 Å². The molecule has 0 radical (unpaired) electrons. The number of Topliss-reactive ketones (excluding diaryl/α,β-unsaturated/α-hetero) is 1. The number of fused-ring (bicyclic) bond motifs is 1. The number of nitriles is 1. The van der Waals surface area contributed by atoms with Gasteiger partial charge >= 0.3 is 0 Å². The van der Waals surface area contributed by atoms with Gasteiger partial charge in [0.15, 0.2) is 17.3 Å². The van der Waals surface area contributed by atoms with E-state index in [0.717, 1.165) is 11.1 Å². The number of aromatic nitrogens is 3. The van der Waals surface area contributed by atoms with Crippen LogP contribution in [-0.4, -0.2) is 20.7 Å². The van der Waals surface area contributed by atoms with Crippen molar-refractivity contribution in [1.29, 1.82) is 5.26 Å². The molecule has 1 N–H and O–H groups in total. The second-order valence-corrected chi connectivity index (χ2v) is 5.45. The lowest BCUT2D eigenvalue weighted by Gasteiger charge is -2.16. The first kappa shape index (κ1) is 14.2. The van der Waals surface area contributed by atoms with E-state index in [0.29, 0.717) is 11.5 Å². The number of nitrogens with zero attached hydrogens (tertiary/aromatic N) is 3. The summed E-state index contributed by atoms with van der Waals surface area (Å²) in [6.07, 6.45) is 1.67. The zero-order valence-corrected chi connectivity index (χ0v) is 12.1. The van der Waals surface area contributed by atoms with Crippen LogP contribution in [0.2, 0.25) is 0 Å². The van der Waals surface area contributed by atoms with E-state index in [-0.39, 0.29) is 17.6 Å². The van der Waals surface area contributed by atoms with Crippen molar-refractivity contribution in [1.82, 2.24) is 15.0 Å². The van der Waals surface area contributed by atoms with Crippen LogP contribution in [0.5, 0.6) is 0 Å². The number of aryl methyl sites for hydroxylation is 1. The fourth-order valence-electron chi connectivity index (χ4n) is 2.04. The molecule has 0 saturated carbocycles. The summed E-state index contributed by atoms with van der Waals surface area (Å²) >= 11 is 0. The maximum absolute atomic E-state index is 12.4. The standard InChI is InChI=1S/C15H18N4O/c1-8(2)10(4)13(20)11(7-16)14-18-12-9(3)5-6-17-15(12)19-14/h5-6,8,10-11H,1-4H3,(H,17,18,19). The molecule has 0 bridgehead atoms. The van der Waals surface area contributed by atoms with Gasteiger partial charge in [-0.3, -0.25) is 4.79 Å². The minimum Gasteiger partial charge on any atom is -0.339 e. The molecule has 5 heteroatoms. The van der Waals surface area contributed by atoms with Gasteiger partial charge in [0.25, 0.3) is 0 Å². The SMILES string of the molecule is Cc1ccnc2nc(C(C#N)C(=O)C(C)C(C)C)[nH]c12. The maximum Gasteiger partial charge on any atom is 0.178 e. The van der Waals surface area contributed by atoms with E-state index in [2.05, 4.69) is 21.0 Å². The van der Waals surface area contributed by atoms with Crippen molar-refractivity contribution in [2.75, 3.05) is 0 Å². The molecule has 0 amide bonds. The smallest absolute Gasteiger partial charge is 0.178 e. The monoisotopic (exact) mass is 270 g/mol. The van der Waals surface area contributed by atoms with Crippen molar-refractivity contribution in [2.24, 2.45) is 11.8 Å². The first-order chi connectivity index (χ1) is 9.45. The molecule has 2 atom stereocenters. The lowest BCUT2D eigenvalue weighted by molar-refractivity contribution is -0.124. The Balaban J connectivity index is 2.43. The van der Waals surface area contributed by atoms with Crippen LogP contribution in [0.15, 0.2) is 12.3 Å². The summed E-state index contributed by atoms with van der Waals surface area (Å²) in [7, 11) is 0. The van der Waals surface area contributed by atoms with Crippen molar-refractivity contribution in [3.8, 4) is 6.07 Å². The van der Waals surface area contributed by atoms with Gasteiger partial charge in [0.2, 0.25) is 0 Å². The third kappa shape index (κ3) is 2.42. The fourth-order valence-corrected chi connectivity index (χ4v) is 2.04. The summed E-state index contributed by atoms with van der Waals surface area (Å²) in [5.74, 6) is -0.550. The maximum atomic E-state index is 12.4. The molecule has 5 nitrogen and oxygen atoms in total. The number of hydrogen-bond donors (Lipinski definition) is 1. The number of H-pyrrole nitrogens is 1. The molecule has 0 saturated heterocycles. The Morgan fingerprint density at radius 1 is 1.40 bits per heavy atom. The molecule has 0 fully saturated rings. The van der Waals surface area contributed by atoms with E-state index < -0.39 is 5.92 Å². The largest absolute Gasteiger partial charge is 0.339 e. The van der Waals surface area contributed by atoms with Crippen LogP contribution in [0, 0.1) is 30.1 Å². The summed E-state index contributed by atoms with van der Waals surface area (Å²) in [5, 5.41) is 9.32. The minimum absolute atomic E-state index is 0.0980. The van der Waals surface area contributed by atoms with Crippen molar-refractivity contribution in [3.63, 3.8) is 0 Å². The molecule has 0 aliphatic heterocycles. The molecule has 2 aromatic heterocycles. The molecule has 2 rings (SSSR count). The van der Waals surface area contributed by atoms with Gasteiger partial charge in [0.05, 0.1) is 11.6 Å². The molecule has 104 valence electrons. The van der Waals surface area contributed by atoms with Crippen molar-refractivity contribution < 1.29 is 4.79 Å². The number of carbonyl (C=O) groups excluding carboxylic acids is 1. The van der Waals surface area contributed by atoms with Gasteiger partial charge in [-0.25, -0.2) is 9.97 Å². The van der Waals surface area contributed by atoms with E-state index in [9.17, 15) is 10.1 Å². The molecule has 0 aliphatic carbocycles. The second kappa shape index (κ2) is 5.41. The van der Waals surface area contributed by atoms with Crippen LogP contribution in [0.4, 0.5) is 0 Å². The topological polar surface area (TPSA) is 82.4 Å². The summed E-state index contributed by atoms with van der Waals surface area (Å²) in [5.41, 5.74) is 2.33. The lowest BCUT2D eigenvalue weighted by Crippen LogP contribution is -2.23. The van der Waals surface area contributed by atoms with Crippen LogP contribution in [0.1, 0.15) is 38.1 Å². The second-order valence-electron chi connectivity index (χ2n) is 5.45. The number of imidazole rings is 1.